The molecule has 0 radical (unpaired) electrons. The molecule has 3 heterocycles. The summed E-state index contributed by atoms with van der Waals surface area (Å²) in [6.07, 6.45) is -0.502. The van der Waals surface area contributed by atoms with Crippen LogP contribution in [0, 0.1) is 6.92 Å². The topological polar surface area (TPSA) is 41.9 Å². The number of anilines is 1. The van der Waals surface area contributed by atoms with E-state index in [9.17, 15) is 18.0 Å². The Bertz CT molecular complexity index is 616. The van der Waals surface area contributed by atoms with Gasteiger partial charge in [-0.05, 0) is 38.3 Å². The number of rotatable bonds is 1. The third-order valence-corrected chi connectivity index (χ3v) is 4.48. The summed E-state index contributed by atoms with van der Waals surface area (Å²) < 4.78 is 35.3. The lowest BCUT2D eigenvalue weighted by atomic mass is 10.1. The van der Waals surface area contributed by atoms with Gasteiger partial charge < -0.3 is 9.74 Å². The Balaban J connectivity index is 0.000000168. The molecule has 126 valence electrons. The molecule has 2 aliphatic heterocycles. The number of alkyl halides is 3. The number of aryl methyl sites for hydroxylation is 1. The molecule has 0 atom stereocenters. The van der Waals surface area contributed by atoms with E-state index in [1.54, 1.807) is 0 Å². The average Bonchev–Trinajstić information content (AvgIpc) is 3.07. The predicted octanol–water partition coefficient (Wildman–Crippen LogP) is 4.06. The minimum atomic E-state index is -4.66. The number of carbonyl (C=O) groups is 1. The van der Waals surface area contributed by atoms with Crippen LogP contribution in [0.5, 0.6) is 0 Å². The van der Waals surface area contributed by atoms with Gasteiger partial charge in [-0.15, -0.1) is 11.3 Å². The van der Waals surface area contributed by atoms with E-state index >= 15 is 0 Å². The highest BCUT2D eigenvalue weighted by molar-refractivity contribution is 7.16. The maximum atomic E-state index is 11.8. The molecule has 0 amide bonds. The van der Waals surface area contributed by atoms with E-state index in [4.69, 9.17) is 0 Å². The third kappa shape index (κ3) is 4.57. The highest BCUT2D eigenvalue weighted by atomic mass is 32.1. The zero-order valence-electron chi connectivity index (χ0n) is 12.7. The van der Waals surface area contributed by atoms with Crippen molar-refractivity contribution in [3.63, 3.8) is 0 Å². The van der Waals surface area contributed by atoms with E-state index in [0.29, 0.717) is 0 Å². The number of piperidine rings is 1. The molecule has 2 aliphatic rings. The zero-order chi connectivity index (χ0) is 17.0. The van der Waals surface area contributed by atoms with Gasteiger partial charge in [-0.1, -0.05) is 11.7 Å². The molecule has 0 aliphatic carbocycles. The summed E-state index contributed by atoms with van der Waals surface area (Å²) in [6, 6.07) is 4.47. The normalized spacial score (nSPS) is 18.3. The largest absolute Gasteiger partial charge is 0.437 e. The number of oxime groups is 1. The van der Waals surface area contributed by atoms with Crippen molar-refractivity contribution in [1.82, 2.24) is 0 Å². The second-order valence-electron chi connectivity index (χ2n) is 5.23. The van der Waals surface area contributed by atoms with Crippen molar-refractivity contribution >= 4 is 28.0 Å². The van der Waals surface area contributed by atoms with Gasteiger partial charge in [0.1, 0.15) is 0 Å². The Labute approximate surface area is 136 Å². The summed E-state index contributed by atoms with van der Waals surface area (Å²) in [7, 11) is 0. The van der Waals surface area contributed by atoms with E-state index in [-0.39, 0.29) is 0 Å². The molecule has 23 heavy (non-hydrogen) atoms. The second kappa shape index (κ2) is 7.16. The molecule has 3 rings (SSSR count). The van der Waals surface area contributed by atoms with Crippen LogP contribution in [0.15, 0.2) is 29.4 Å². The predicted molar refractivity (Wildman–Crippen MR) is 83.8 cm³/mol. The smallest absolute Gasteiger partial charge is 0.363 e. The lowest BCUT2D eigenvalue weighted by Gasteiger charge is -2.27. The van der Waals surface area contributed by atoms with Crippen molar-refractivity contribution in [3.8, 4) is 0 Å². The quantitative estimate of drug-likeness (QED) is 0.569. The number of hydrogen-bond acceptors (Lipinski definition) is 5. The van der Waals surface area contributed by atoms with Gasteiger partial charge in [0.05, 0.1) is 10.6 Å². The van der Waals surface area contributed by atoms with Gasteiger partial charge in [-0.3, -0.25) is 0 Å². The second-order valence-corrected chi connectivity index (χ2v) is 6.49. The Kier molecular flexibility index (Phi) is 5.46. The molecule has 8 heteroatoms. The molecule has 0 saturated carbocycles. The van der Waals surface area contributed by atoms with Crippen LogP contribution in [0.2, 0.25) is 0 Å². The molecule has 1 saturated heterocycles. The monoisotopic (exact) mass is 346 g/mol. The Morgan fingerprint density at radius 2 is 1.91 bits per heavy atom. The van der Waals surface area contributed by atoms with Crippen LogP contribution in [0.3, 0.4) is 0 Å². The fourth-order valence-corrected chi connectivity index (χ4v) is 3.14. The molecule has 0 N–H and O–H groups in total. The summed E-state index contributed by atoms with van der Waals surface area (Å²) in [6.45, 7) is 7.56. The summed E-state index contributed by atoms with van der Waals surface area (Å²) in [5.74, 6) is -1.16. The fourth-order valence-electron chi connectivity index (χ4n) is 2.22. The first-order valence-electron chi connectivity index (χ1n) is 7.16. The van der Waals surface area contributed by atoms with Crippen LogP contribution >= 0.6 is 11.3 Å². The summed E-state index contributed by atoms with van der Waals surface area (Å²) >= 11 is 1.92. The van der Waals surface area contributed by atoms with Crippen LogP contribution in [0.1, 0.15) is 24.1 Å². The van der Waals surface area contributed by atoms with Gasteiger partial charge in [0.15, 0.2) is 5.71 Å². The summed E-state index contributed by atoms with van der Waals surface area (Å²) in [5, 5.41) is 3.98. The first-order valence-corrected chi connectivity index (χ1v) is 7.98. The van der Waals surface area contributed by atoms with Crippen LogP contribution in [0.4, 0.5) is 18.2 Å². The van der Waals surface area contributed by atoms with E-state index in [0.717, 1.165) is 0 Å². The third-order valence-electron chi connectivity index (χ3n) is 3.41. The zero-order valence-corrected chi connectivity index (χ0v) is 13.5. The van der Waals surface area contributed by atoms with Crippen molar-refractivity contribution in [2.75, 3.05) is 18.0 Å². The van der Waals surface area contributed by atoms with Crippen molar-refractivity contribution in [3.05, 3.63) is 29.2 Å². The van der Waals surface area contributed by atoms with Gasteiger partial charge in [-0.25, -0.2) is 4.79 Å². The van der Waals surface area contributed by atoms with Crippen LogP contribution < -0.4 is 4.90 Å². The molecule has 0 bridgehead atoms. The standard InChI is InChI=1S/C10H15NS.C5H2F3NO2/c1-9-5-6-10(12-9)11-7-3-2-4-8-11;1-2-3(5(6,7)8)9-11-4(2)10/h5-6H,2-4,7-8H2,1H3;1H2. The van der Waals surface area contributed by atoms with Gasteiger partial charge in [0.25, 0.3) is 0 Å². The molecular weight excluding hydrogens is 329 g/mol. The lowest BCUT2D eigenvalue weighted by Crippen LogP contribution is -2.28. The molecule has 1 aromatic heterocycles. The molecule has 1 aromatic rings. The van der Waals surface area contributed by atoms with Crippen LogP contribution in [-0.4, -0.2) is 30.9 Å². The molecule has 0 spiro atoms. The number of halogens is 3. The Morgan fingerprint density at radius 3 is 2.30 bits per heavy atom. The first-order chi connectivity index (χ1) is 10.8. The maximum absolute atomic E-state index is 11.8. The minimum Gasteiger partial charge on any atom is -0.363 e. The average molecular weight is 346 g/mol. The van der Waals surface area contributed by atoms with E-state index in [2.05, 4.69) is 40.5 Å². The molecule has 0 aromatic carbocycles. The SMILES string of the molecule is C=C1C(=O)ON=C1C(F)(F)F.Cc1ccc(N2CCCCC2)s1. The van der Waals surface area contributed by atoms with E-state index in [1.807, 2.05) is 11.3 Å². The number of nitrogens with zero attached hydrogens (tertiary/aromatic N) is 2. The van der Waals surface area contributed by atoms with Gasteiger partial charge in [0.2, 0.25) is 0 Å². The van der Waals surface area contributed by atoms with Crippen LogP contribution in [-0.2, 0) is 9.63 Å². The van der Waals surface area contributed by atoms with Crippen molar-refractivity contribution in [1.29, 1.82) is 0 Å². The molecular formula is C15H17F3N2O2S. The molecule has 4 nitrogen and oxygen atoms in total. The summed E-state index contributed by atoms with van der Waals surface area (Å²) in [5.41, 5.74) is -2.11. The Morgan fingerprint density at radius 1 is 1.26 bits per heavy atom. The number of thiophene rings is 1. The highest BCUT2D eigenvalue weighted by Gasteiger charge is 2.44. The fraction of sp³-hybridized carbons (Fsp3) is 0.467. The number of carbonyl (C=O) groups excluding carboxylic acids is 1. The highest BCUT2D eigenvalue weighted by Crippen LogP contribution is 2.27. The maximum Gasteiger partial charge on any atom is 0.437 e. The van der Waals surface area contributed by atoms with E-state index < -0.39 is 23.4 Å². The van der Waals surface area contributed by atoms with Crippen molar-refractivity contribution in [2.24, 2.45) is 5.16 Å². The molecule has 0 unspecified atom stereocenters. The van der Waals surface area contributed by atoms with Crippen molar-refractivity contribution in [2.45, 2.75) is 32.4 Å². The lowest BCUT2D eigenvalue weighted by molar-refractivity contribution is -0.136. The minimum absolute atomic E-state index is 0.752. The van der Waals surface area contributed by atoms with Crippen LogP contribution in [0.25, 0.3) is 0 Å². The van der Waals surface area contributed by atoms with Gasteiger partial charge >= 0.3 is 12.1 Å². The van der Waals surface area contributed by atoms with Gasteiger partial charge in [-0.2, -0.15) is 13.2 Å². The summed E-state index contributed by atoms with van der Waals surface area (Å²) in [4.78, 5) is 18.0. The Hall–Kier alpha value is -1.83. The van der Waals surface area contributed by atoms with Crippen molar-refractivity contribution < 1.29 is 22.8 Å². The van der Waals surface area contributed by atoms with E-state index in [1.165, 1.54) is 42.2 Å². The van der Waals surface area contributed by atoms with Gasteiger partial charge in [0, 0.05) is 18.0 Å². The molecule has 1 fully saturated rings. The number of hydrogen-bond donors (Lipinski definition) is 0. The first kappa shape index (κ1) is 17.5.